The highest BCUT2D eigenvalue weighted by molar-refractivity contribution is 5.97. The summed E-state index contributed by atoms with van der Waals surface area (Å²) in [6.45, 7) is 1.29. The molecule has 0 unspecified atom stereocenters. The number of carbonyl (C=O) groups excluding carboxylic acids is 2. The predicted octanol–water partition coefficient (Wildman–Crippen LogP) is 3.96. The molecule has 0 radical (unpaired) electrons. The van der Waals surface area contributed by atoms with E-state index in [4.69, 9.17) is 13.6 Å². The minimum Gasteiger partial charge on any atom is -0.449 e. The molecule has 4 aromatic rings. The number of hydrogen-bond donors (Lipinski definition) is 0. The van der Waals surface area contributed by atoms with Crippen LogP contribution >= 0.6 is 0 Å². The summed E-state index contributed by atoms with van der Waals surface area (Å²) in [4.78, 5) is 35.5. The number of esters is 1. The van der Waals surface area contributed by atoms with Crippen LogP contribution in [-0.2, 0) is 0 Å². The van der Waals surface area contributed by atoms with Gasteiger partial charge < -0.3 is 13.6 Å². The van der Waals surface area contributed by atoms with Crippen molar-refractivity contribution in [2.75, 3.05) is 0 Å². The van der Waals surface area contributed by atoms with Crippen LogP contribution in [0.5, 0.6) is 5.75 Å². The average Bonchev–Trinajstić information content (AvgIpc) is 3.05. The van der Waals surface area contributed by atoms with Gasteiger partial charge in [-0.3, -0.25) is 4.79 Å². The van der Waals surface area contributed by atoms with Crippen LogP contribution in [0, 0.1) is 0 Å². The summed E-state index contributed by atoms with van der Waals surface area (Å²) < 4.78 is 15.9. The summed E-state index contributed by atoms with van der Waals surface area (Å²) in [5.41, 5.74) is 0.0471. The monoisotopic (exact) mass is 348 g/mol. The number of fused-ring (bicyclic) bond motifs is 2. The molecule has 0 spiro atoms. The molecule has 0 N–H and O–H groups in total. The minimum atomic E-state index is -0.731. The number of benzene rings is 2. The van der Waals surface area contributed by atoms with Gasteiger partial charge in [0.15, 0.2) is 5.78 Å². The Morgan fingerprint density at radius 3 is 2.42 bits per heavy atom. The van der Waals surface area contributed by atoms with E-state index >= 15 is 0 Å². The first-order chi connectivity index (χ1) is 12.5. The van der Waals surface area contributed by atoms with Crippen molar-refractivity contribution in [3.63, 3.8) is 0 Å². The van der Waals surface area contributed by atoms with E-state index in [1.165, 1.54) is 19.1 Å². The molecule has 0 bridgehead atoms. The van der Waals surface area contributed by atoms with E-state index < -0.39 is 11.6 Å². The maximum atomic E-state index is 12.3. The Balaban J connectivity index is 1.66. The summed E-state index contributed by atoms with van der Waals surface area (Å²) in [6, 6.07) is 14.8. The third kappa shape index (κ3) is 2.77. The maximum absolute atomic E-state index is 12.3. The van der Waals surface area contributed by atoms with Crippen molar-refractivity contribution in [3.05, 3.63) is 76.3 Å². The smallest absolute Gasteiger partial charge is 0.379 e. The van der Waals surface area contributed by atoms with Crippen molar-refractivity contribution in [2.24, 2.45) is 0 Å². The number of rotatable bonds is 3. The van der Waals surface area contributed by atoms with Gasteiger partial charge >= 0.3 is 11.6 Å². The highest BCUT2D eigenvalue weighted by atomic mass is 16.5. The molecule has 0 aliphatic heterocycles. The van der Waals surface area contributed by atoms with E-state index in [2.05, 4.69) is 0 Å². The third-order valence-corrected chi connectivity index (χ3v) is 3.92. The molecule has 6 heteroatoms. The van der Waals surface area contributed by atoms with Crippen LogP contribution in [0.2, 0.25) is 0 Å². The number of para-hydroxylation sites is 1. The Labute approximate surface area is 146 Å². The molecule has 0 amide bonds. The Kier molecular flexibility index (Phi) is 3.65. The topological polar surface area (TPSA) is 86.7 Å². The van der Waals surface area contributed by atoms with Gasteiger partial charge in [-0.2, -0.15) is 0 Å². The molecule has 6 nitrogen and oxygen atoms in total. The molecule has 128 valence electrons. The summed E-state index contributed by atoms with van der Waals surface area (Å²) in [6.07, 6.45) is 0. The summed E-state index contributed by atoms with van der Waals surface area (Å²) in [5, 5.41) is 1.35. The zero-order chi connectivity index (χ0) is 18.3. The molecule has 0 aliphatic carbocycles. The molecule has 0 aliphatic rings. The standard InChI is InChI=1S/C20H12O6/c1-11(21)15-8-13-6-7-14(10-17(13)26-19(15)22)24-20(23)18-9-12-4-2-3-5-16(12)25-18/h2-10H,1H3. The molecule has 0 saturated carbocycles. The minimum absolute atomic E-state index is 0.0236. The molecule has 2 heterocycles. The second-order valence-corrected chi connectivity index (χ2v) is 5.74. The SMILES string of the molecule is CC(=O)c1cc2ccc(OC(=O)c3cc4ccccc4o3)cc2oc1=O. The largest absolute Gasteiger partial charge is 0.449 e. The first-order valence-electron chi connectivity index (χ1n) is 7.81. The normalized spacial score (nSPS) is 11.0. The lowest BCUT2D eigenvalue weighted by molar-refractivity contribution is 0.0704. The van der Waals surface area contributed by atoms with Crippen LogP contribution < -0.4 is 10.4 Å². The van der Waals surface area contributed by atoms with Crippen LogP contribution in [0.3, 0.4) is 0 Å². The number of furan rings is 1. The van der Waals surface area contributed by atoms with Crippen molar-refractivity contribution in [2.45, 2.75) is 6.92 Å². The number of hydrogen-bond acceptors (Lipinski definition) is 6. The Hall–Kier alpha value is -3.67. The van der Waals surface area contributed by atoms with Gasteiger partial charge in [0.2, 0.25) is 5.76 Å². The molecule has 2 aromatic heterocycles. The lowest BCUT2D eigenvalue weighted by atomic mass is 10.1. The summed E-state index contributed by atoms with van der Waals surface area (Å²) >= 11 is 0. The number of Topliss-reactive ketones (excluding diaryl/α,β-unsaturated/α-hetero) is 1. The van der Waals surface area contributed by atoms with Gasteiger partial charge in [0.1, 0.15) is 22.5 Å². The van der Waals surface area contributed by atoms with Crippen molar-refractivity contribution in [1.29, 1.82) is 0 Å². The van der Waals surface area contributed by atoms with E-state index in [9.17, 15) is 14.4 Å². The molecular formula is C20H12O6. The second-order valence-electron chi connectivity index (χ2n) is 5.74. The maximum Gasteiger partial charge on any atom is 0.379 e. The van der Waals surface area contributed by atoms with Crippen molar-refractivity contribution < 1.29 is 23.2 Å². The van der Waals surface area contributed by atoms with E-state index in [0.717, 1.165) is 5.39 Å². The zero-order valence-corrected chi connectivity index (χ0v) is 13.6. The number of ether oxygens (including phenoxy) is 1. The average molecular weight is 348 g/mol. The first kappa shape index (κ1) is 15.8. The quantitative estimate of drug-likeness (QED) is 0.241. The van der Waals surface area contributed by atoms with Gasteiger partial charge in [0.05, 0.1) is 0 Å². The van der Waals surface area contributed by atoms with Crippen molar-refractivity contribution in [3.8, 4) is 5.75 Å². The van der Waals surface area contributed by atoms with Crippen LogP contribution in [0.1, 0.15) is 27.8 Å². The fourth-order valence-corrected chi connectivity index (χ4v) is 2.64. The number of ketones is 1. The molecule has 2 aromatic carbocycles. The third-order valence-electron chi connectivity index (χ3n) is 3.92. The summed E-state index contributed by atoms with van der Waals surface area (Å²) in [7, 11) is 0. The van der Waals surface area contributed by atoms with Crippen LogP contribution in [0.15, 0.2) is 68.2 Å². The van der Waals surface area contributed by atoms with Gasteiger partial charge in [-0.1, -0.05) is 18.2 Å². The van der Waals surface area contributed by atoms with Crippen LogP contribution in [0.4, 0.5) is 0 Å². The van der Waals surface area contributed by atoms with Crippen LogP contribution in [0.25, 0.3) is 21.9 Å². The molecule has 4 rings (SSSR count). The summed E-state index contributed by atoms with van der Waals surface area (Å²) in [5.74, 6) is -0.773. The van der Waals surface area contributed by atoms with Crippen molar-refractivity contribution in [1.82, 2.24) is 0 Å². The fraction of sp³-hybridized carbons (Fsp3) is 0.0500. The highest BCUT2D eigenvalue weighted by Crippen LogP contribution is 2.23. The zero-order valence-electron chi connectivity index (χ0n) is 13.6. The first-order valence-corrected chi connectivity index (χ1v) is 7.81. The lowest BCUT2D eigenvalue weighted by Crippen LogP contribution is -2.11. The fourth-order valence-electron chi connectivity index (χ4n) is 2.64. The van der Waals surface area contributed by atoms with E-state index in [1.54, 1.807) is 24.3 Å². The lowest BCUT2D eigenvalue weighted by Gasteiger charge is -2.04. The van der Waals surface area contributed by atoms with E-state index in [1.807, 2.05) is 18.2 Å². The number of carbonyl (C=O) groups is 2. The van der Waals surface area contributed by atoms with Gasteiger partial charge in [0.25, 0.3) is 0 Å². The Morgan fingerprint density at radius 1 is 0.885 bits per heavy atom. The van der Waals surface area contributed by atoms with Gasteiger partial charge in [-0.25, -0.2) is 9.59 Å². The molecule has 26 heavy (non-hydrogen) atoms. The Bertz CT molecular complexity index is 1200. The molecule has 0 fully saturated rings. The van der Waals surface area contributed by atoms with Gasteiger partial charge in [-0.05, 0) is 37.3 Å². The van der Waals surface area contributed by atoms with Gasteiger partial charge in [-0.15, -0.1) is 0 Å². The second kappa shape index (κ2) is 6.00. The molecule has 0 atom stereocenters. The highest BCUT2D eigenvalue weighted by Gasteiger charge is 2.16. The van der Waals surface area contributed by atoms with Crippen LogP contribution in [-0.4, -0.2) is 11.8 Å². The predicted molar refractivity (Wildman–Crippen MR) is 93.7 cm³/mol. The van der Waals surface area contributed by atoms with E-state index in [-0.39, 0.29) is 28.4 Å². The van der Waals surface area contributed by atoms with E-state index in [0.29, 0.717) is 11.0 Å². The molecule has 0 saturated heterocycles. The van der Waals surface area contributed by atoms with Crippen molar-refractivity contribution >= 4 is 33.7 Å². The molecular weight excluding hydrogens is 336 g/mol. The van der Waals surface area contributed by atoms with Gasteiger partial charge in [0, 0.05) is 16.8 Å². The Morgan fingerprint density at radius 2 is 1.65 bits per heavy atom.